The number of hydrogen-bond donors (Lipinski definition) is 0. The lowest BCUT2D eigenvalue weighted by molar-refractivity contribution is -0.138. The van der Waals surface area contributed by atoms with Crippen LogP contribution in [0.2, 0.25) is 0 Å². The van der Waals surface area contributed by atoms with Crippen LogP contribution in [0.1, 0.15) is 44.9 Å². The van der Waals surface area contributed by atoms with Gasteiger partial charge in [0.05, 0.1) is 18.1 Å². The Hall–Kier alpha value is -0.620. The van der Waals surface area contributed by atoms with Crippen LogP contribution in [0.3, 0.4) is 0 Å². The molecule has 0 spiro atoms. The van der Waals surface area contributed by atoms with Crippen LogP contribution in [0.5, 0.6) is 0 Å². The first-order valence-electron chi connectivity index (χ1n) is 8.66. The third kappa shape index (κ3) is 3.48. The normalized spacial score (nSPS) is 34.6. The number of carbonyl (C=O) groups excluding carboxylic acids is 1. The first-order valence-corrected chi connectivity index (χ1v) is 10.5. The molecule has 0 bridgehead atoms. The molecule has 1 saturated carbocycles. The van der Waals surface area contributed by atoms with Gasteiger partial charge >= 0.3 is 0 Å². The molecule has 0 radical (unpaired) electrons. The van der Waals surface area contributed by atoms with E-state index >= 15 is 0 Å². The van der Waals surface area contributed by atoms with Crippen LogP contribution < -0.4 is 0 Å². The number of likely N-dealkylation sites (tertiary alicyclic amines) is 1. The van der Waals surface area contributed by atoms with Crippen LogP contribution in [0.25, 0.3) is 0 Å². The minimum atomic E-state index is -2.89. The topological polar surface area (TPSA) is 57.7 Å². The Morgan fingerprint density at radius 1 is 1.14 bits per heavy atom. The van der Waals surface area contributed by atoms with Gasteiger partial charge in [0.25, 0.3) is 0 Å². The van der Waals surface area contributed by atoms with Gasteiger partial charge < -0.3 is 4.90 Å². The van der Waals surface area contributed by atoms with Gasteiger partial charge in [0, 0.05) is 18.6 Å². The van der Waals surface area contributed by atoms with E-state index in [9.17, 15) is 13.2 Å². The van der Waals surface area contributed by atoms with Crippen molar-refractivity contribution < 1.29 is 13.2 Å². The highest BCUT2D eigenvalue weighted by Crippen LogP contribution is 2.35. The molecular formula is C16H28N2O3S. The molecule has 0 aromatic heterocycles. The minimum Gasteiger partial charge on any atom is -0.338 e. The fourth-order valence-corrected chi connectivity index (χ4v) is 6.30. The van der Waals surface area contributed by atoms with Crippen molar-refractivity contribution in [2.75, 3.05) is 31.6 Å². The number of likely N-dealkylation sites (N-methyl/N-ethyl adjacent to an activating group) is 1. The van der Waals surface area contributed by atoms with E-state index < -0.39 is 9.84 Å². The van der Waals surface area contributed by atoms with E-state index in [-0.39, 0.29) is 23.5 Å². The molecule has 2 heterocycles. The molecule has 5 nitrogen and oxygen atoms in total. The average Bonchev–Trinajstić information content (AvgIpc) is 2.87. The van der Waals surface area contributed by atoms with E-state index in [0.717, 1.165) is 19.4 Å². The van der Waals surface area contributed by atoms with Gasteiger partial charge in [-0.1, -0.05) is 12.8 Å². The van der Waals surface area contributed by atoms with Gasteiger partial charge in [-0.2, -0.15) is 0 Å². The largest absolute Gasteiger partial charge is 0.338 e. The summed E-state index contributed by atoms with van der Waals surface area (Å²) in [6.45, 7) is 1.25. The molecule has 3 rings (SSSR count). The highest BCUT2D eigenvalue weighted by Gasteiger charge is 2.37. The Morgan fingerprint density at radius 2 is 1.86 bits per heavy atom. The summed E-state index contributed by atoms with van der Waals surface area (Å²) >= 11 is 0. The standard InChI is InChI=1S/C16H28N2O3S/c1-17(14-8-10-22(20,21)12-14)11-16(19)18-9-4-6-13-5-2-3-7-15(13)18/h13-15H,2-12H2,1H3. The molecule has 1 amide bonds. The second-order valence-electron chi connectivity index (χ2n) is 7.31. The van der Waals surface area contributed by atoms with E-state index in [2.05, 4.69) is 4.90 Å². The van der Waals surface area contributed by atoms with Crippen molar-refractivity contribution in [3.8, 4) is 0 Å². The van der Waals surface area contributed by atoms with E-state index in [4.69, 9.17) is 0 Å². The Kier molecular flexibility index (Phi) is 4.78. The van der Waals surface area contributed by atoms with Gasteiger partial charge in [0.1, 0.15) is 0 Å². The molecule has 0 aromatic carbocycles. The minimum absolute atomic E-state index is 0.0147. The summed E-state index contributed by atoms with van der Waals surface area (Å²) in [6, 6.07) is 0.455. The van der Waals surface area contributed by atoms with E-state index in [0.29, 0.717) is 24.9 Å². The Labute approximate surface area is 134 Å². The maximum absolute atomic E-state index is 12.7. The van der Waals surface area contributed by atoms with Crippen molar-refractivity contribution in [1.29, 1.82) is 0 Å². The number of piperidine rings is 1. The molecule has 0 N–H and O–H groups in total. The zero-order chi connectivity index (χ0) is 15.7. The summed E-state index contributed by atoms with van der Waals surface area (Å²) in [5.74, 6) is 1.37. The maximum atomic E-state index is 12.7. The summed E-state index contributed by atoms with van der Waals surface area (Å²) in [5.41, 5.74) is 0. The molecule has 126 valence electrons. The van der Waals surface area contributed by atoms with Crippen molar-refractivity contribution in [2.45, 2.75) is 57.0 Å². The van der Waals surface area contributed by atoms with Crippen molar-refractivity contribution in [1.82, 2.24) is 9.80 Å². The monoisotopic (exact) mass is 328 g/mol. The van der Waals surface area contributed by atoms with Gasteiger partial charge in [0.15, 0.2) is 9.84 Å². The van der Waals surface area contributed by atoms with Gasteiger partial charge in [-0.25, -0.2) is 8.42 Å². The number of sulfone groups is 1. The lowest BCUT2D eigenvalue weighted by atomic mass is 9.78. The molecule has 1 aliphatic carbocycles. The Morgan fingerprint density at radius 3 is 2.59 bits per heavy atom. The lowest BCUT2D eigenvalue weighted by Crippen LogP contribution is -2.53. The van der Waals surface area contributed by atoms with E-state index in [1.807, 2.05) is 11.9 Å². The molecule has 0 aromatic rings. The molecule has 3 atom stereocenters. The Balaban J connectivity index is 1.59. The highest BCUT2D eigenvalue weighted by molar-refractivity contribution is 7.91. The number of nitrogens with zero attached hydrogens (tertiary/aromatic N) is 2. The van der Waals surface area contributed by atoms with Crippen LogP contribution in [-0.2, 0) is 14.6 Å². The van der Waals surface area contributed by atoms with Crippen molar-refractivity contribution in [2.24, 2.45) is 5.92 Å². The summed E-state index contributed by atoms with van der Waals surface area (Å²) in [7, 11) is -0.992. The lowest BCUT2D eigenvalue weighted by Gasteiger charge is -2.44. The summed E-state index contributed by atoms with van der Waals surface area (Å²) < 4.78 is 23.2. The first kappa shape index (κ1) is 16.2. The third-order valence-electron chi connectivity index (χ3n) is 5.78. The smallest absolute Gasteiger partial charge is 0.237 e. The molecular weight excluding hydrogens is 300 g/mol. The SMILES string of the molecule is CN(CC(=O)N1CCCC2CCCCC21)C1CCS(=O)(=O)C1. The third-order valence-corrected chi connectivity index (χ3v) is 7.53. The second-order valence-corrected chi connectivity index (χ2v) is 9.54. The van der Waals surface area contributed by atoms with Gasteiger partial charge in [-0.15, -0.1) is 0 Å². The molecule has 3 aliphatic rings. The molecule has 22 heavy (non-hydrogen) atoms. The fraction of sp³-hybridized carbons (Fsp3) is 0.938. The number of rotatable bonds is 3. The van der Waals surface area contributed by atoms with Crippen LogP contribution in [0, 0.1) is 5.92 Å². The highest BCUT2D eigenvalue weighted by atomic mass is 32.2. The molecule has 3 unspecified atom stereocenters. The average molecular weight is 328 g/mol. The van der Waals surface area contributed by atoms with E-state index in [1.165, 1.54) is 25.7 Å². The van der Waals surface area contributed by atoms with Crippen LogP contribution in [0.15, 0.2) is 0 Å². The number of amides is 1. The fourth-order valence-electron chi connectivity index (χ4n) is 4.49. The number of carbonyl (C=O) groups is 1. The number of hydrogen-bond acceptors (Lipinski definition) is 4. The predicted octanol–water partition coefficient (Wildman–Crippen LogP) is 1.29. The van der Waals surface area contributed by atoms with Crippen molar-refractivity contribution in [3.05, 3.63) is 0 Å². The van der Waals surface area contributed by atoms with E-state index in [1.54, 1.807) is 0 Å². The summed E-state index contributed by atoms with van der Waals surface area (Å²) in [6.07, 6.45) is 8.02. The molecule has 2 aliphatic heterocycles. The maximum Gasteiger partial charge on any atom is 0.237 e. The summed E-state index contributed by atoms with van der Waals surface area (Å²) in [5, 5.41) is 0. The second kappa shape index (κ2) is 6.48. The summed E-state index contributed by atoms with van der Waals surface area (Å²) in [4.78, 5) is 16.8. The zero-order valence-electron chi connectivity index (χ0n) is 13.5. The molecule has 3 fully saturated rings. The zero-order valence-corrected chi connectivity index (χ0v) is 14.4. The number of fused-ring (bicyclic) bond motifs is 1. The van der Waals surface area contributed by atoms with Crippen LogP contribution >= 0.6 is 0 Å². The Bertz CT molecular complexity index is 517. The molecule has 6 heteroatoms. The van der Waals surface area contributed by atoms with Gasteiger partial charge in [-0.3, -0.25) is 9.69 Å². The van der Waals surface area contributed by atoms with Crippen LogP contribution in [-0.4, -0.2) is 67.9 Å². The first-order chi connectivity index (χ1) is 10.5. The van der Waals surface area contributed by atoms with Gasteiger partial charge in [-0.05, 0) is 45.1 Å². The van der Waals surface area contributed by atoms with Crippen molar-refractivity contribution in [3.63, 3.8) is 0 Å². The molecule has 2 saturated heterocycles. The van der Waals surface area contributed by atoms with Crippen LogP contribution in [0.4, 0.5) is 0 Å². The van der Waals surface area contributed by atoms with Gasteiger partial charge in [0.2, 0.25) is 5.91 Å². The quantitative estimate of drug-likeness (QED) is 0.783. The van der Waals surface area contributed by atoms with Crippen molar-refractivity contribution >= 4 is 15.7 Å². The predicted molar refractivity (Wildman–Crippen MR) is 86.4 cm³/mol.